The van der Waals surface area contributed by atoms with E-state index >= 15 is 0 Å². The maximum absolute atomic E-state index is 10.2. The van der Waals surface area contributed by atoms with Crippen LogP contribution in [0.5, 0.6) is 0 Å². The van der Waals surface area contributed by atoms with E-state index in [1.807, 2.05) is 0 Å². The molecule has 0 spiro atoms. The highest BCUT2D eigenvalue weighted by molar-refractivity contribution is 4.99. The predicted molar refractivity (Wildman–Crippen MR) is 60.4 cm³/mol. The van der Waals surface area contributed by atoms with Gasteiger partial charge in [0.15, 0.2) is 0 Å². The molecule has 0 saturated heterocycles. The molecule has 1 rings (SSSR count). The average Bonchev–Trinajstić information content (AvgIpc) is 2.69. The van der Waals surface area contributed by atoms with Gasteiger partial charge in [-0.05, 0) is 32.4 Å². The topological polar surface area (TPSA) is 23.5 Å². The first-order valence-corrected chi connectivity index (χ1v) is 6.14. The van der Waals surface area contributed by atoms with Crippen LogP contribution in [-0.4, -0.2) is 34.7 Å². The van der Waals surface area contributed by atoms with Gasteiger partial charge in [-0.25, -0.2) is 0 Å². The normalized spacial score (nSPS) is 22.9. The van der Waals surface area contributed by atoms with Gasteiger partial charge >= 0.3 is 0 Å². The van der Waals surface area contributed by atoms with Crippen molar-refractivity contribution >= 4 is 0 Å². The minimum atomic E-state index is -0.134. The fraction of sp³-hybridized carbons (Fsp3) is 1.00. The molecule has 84 valence electrons. The maximum Gasteiger partial charge on any atom is 0.0721 e. The van der Waals surface area contributed by atoms with Crippen molar-refractivity contribution in [3.05, 3.63) is 0 Å². The van der Waals surface area contributed by atoms with Crippen LogP contribution in [0.4, 0.5) is 0 Å². The molecule has 0 amide bonds. The van der Waals surface area contributed by atoms with Gasteiger partial charge in [-0.2, -0.15) is 0 Å². The molecule has 0 aromatic rings. The van der Waals surface area contributed by atoms with Crippen molar-refractivity contribution < 1.29 is 5.11 Å². The quantitative estimate of drug-likeness (QED) is 0.735. The van der Waals surface area contributed by atoms with Gasteiger partial charge in [-0.15, -0.1) is 0 Å². The Labute approximate surface area is 88.3 Å². The summed E-state index contributed by atoms with van der Waals surface area (Å²) in [5.74, 6) is 0. The Morgan fingerprint density at radius 3 is 2.00 bits per heavy atom. The molecule has 1 unspecified atom stereocenters. The fourth-order valence-electron chi connectivity index (χ4n) is 3.08. The first-order chi connectivity index (χ1) is 6.71. The third-order valence-corrected chi connectivity index (χ3v) is 3.87. The van der Waals surface area contributed by atoms with Crippen LogP contribution in [0.2, 0.25) is 0 Å². The van der Waals surface area contributed by atoms with Crippen molar-refractivity contribution in [2.45, 2.75) is 64.5 Å². The summed E-state index contributed by atoms with van der Waals surface area (Å²) < 4.78 is 0. The van der Waals surface area contributed by atoms with Crippen molar-refractivity contribution in [1.82, 2.24) is 4.90 Å². The van der Waals surface area contributed by atoms with Crippen LogP contribution in [0, 0.1) is 0 Å². The summed E-state index contributed by atoms with van der Waals surface area (Å²) in [6, 6.07) is 0. The molecular formula is C12H25NO. The smallest absolute Gasteiger partial charge is 0.0721 e. The molecule has 1 atom stereocenters. The Balaban J connectivity index is 2.79. The molecule has 0 aromatic carbocycles. The van der Waals surface area contributed by atoms with Crippen LogP contribution in [0.1, 0.15) is 52.9 Å². The molecule has 1 N–H and O–H groups in total. The second-order valence-electron chi connectivity index (χ2n) is 4.41. The molecule has 2 heteroatoms. The second kappa shape index (κ2) is 5.13. The number of likely N-dealkylation sites (N-methyl/N-ethyl adjacent to an activating group) is 1. The summed E-state index contributed by atoms with van der Waals surface area (Å²) in [4.78, 5) is 2.47. The van der Waals surface area contributed by atoms with E-state index in [9.17, 15) is 5.11 Å². The summed E-state index contributed by atoms with van der Waals surface area (Å²) >= 11 is 0. The number of aliphatic hydroxyl groups is 1. The third kappa shape index (κ3) is 1.96. The van der Waals surface area contributed by atoms with Gasteiger partial charge in [0.1, 0.15) is 0 Å². The number of rotatable bonds is 5. The SMILES string of the molecule is CCC(O)C1(N(CC)CC)CCCC1. The Bertz CT molecular complexity index is 160. The Morgan fingerprint density at radius 1 is 1.14 bits per heavy atom. The van der Waals surface area contributed by atoms with Gasteiger partial charge in [0.25, 0.3) is 0 Å². The molecule has 1 saturated carbocycles. The first-order valence-electron chi connectivity index (χ1n) is 6.14. The molecule has 1 fully saturated rings. The van der Waals surface area contributed by atoms with Gasteiger partial charge in [0.2, 0.25) is 0 Å². The monoisotopic (exact) mass is 199 g/mol. The van der Waals surface area contributed by atoms with Crippen molar-refractivity contribution in [3.8, 4) is 0 Å². The van der Waals surface area contributed by atoms with E-state index in [1.165, 1.54) is 25.7 Å². The van der Waals surface area contributed by atoms with Crippen LogP contribution >= 0.6 is 0 Å². The maximum atomic E-state index is 10.2. The first kappa shape index (κ1) is 12.0. The van der Waals surface area contributed by atoms with E-state index in [0.29, 0.717) is 0 Å². The van der Waals surface area contributed by atoms with Gasteiger partial charge in [0, 0.05) is 5.54 Å². The molecule has 0 heterocycles. The molecule has 0 radical (unpaired) electrons. The lowest BCUT2D eigenvalue weighted by atomic mass is 9.86. The molecule has 1 aliphatic carbocycles. The summed E-state index contributed by atoms with van der Waals surface area (Å²) in [7, 11) is 0. The van der Waals surface area contributed by atoms with Crippen molar-refractivity contribution in [2.24, 2.45) is 0 Å². The van der Waals surface area contributed by atoms with Gasteiger partial charge in [0.05, 0.1) is 6.10 Å². The lowest BCUT2D eigenvalue weighted by molar-refractivity contribution is -0.0265. The molecule has 14 heavy (non-hydrogen) atoms. The highest BCUT2D eigenvalue weighted by Crippen LogP contribution is 2.38. The van der Waals surface area contributed by atoms with Gasteiger partial charge in [-0.1, -0.05) is 33.6 Å². The number of hydrogen-bond donors (Lipinski definition) is 1. The number of aliphatic hydroxyl groups excluding tert-OH is 1. The molecule has 1 aliphatic rings. The van der Waals surface area contributed by atoms with Gasteiger partial charge < -0.3 is 5.11 Å². The fourth-order valence-corrected chi connectivity index (χ4v) is 3.08. The highest BCUT2D eigenvalue weighted by atomic mass is 16.3. The van der Waals surface area contributed by atoms with Crippen LogP contribution in [0.3, 0.4) is 0 Å². The van der Waals surface area contributed by atoms with Crippen molar-refractivity contribution in [2.75, 3.05) is 13.1 Å². The minimum Gasteiger partial charge on any atom is -0.391 e. The minimum absolute atomic E-state index is 0.109. The highest BCUT2D eigenvalue weighted by Gasteiger charge is 2.43. The van der Waals surface area contributed by atoms with E-state index in [2.05, 4.69) is 25.7 Å². The molecule has 2 nitrogen and oxygen atoms in total. The van der Waals surface area contributed by atoms with Crippen LogP contribution in [0.25, 0.3) is 0 Å². The summed E-state index contributed by atoms with van der Waals surface area (Å²) in [5, 5.41) is 10.2. The summed E-state index contributed by atoms with van der Waals surface area (Å²) in [6.45, 7) is 8.62. The van der Waals surface area contributed by atoms with Crippen LogP contribution in [-0.2, 0) is 0 Å². The van der Waals surface area contributed by atoms with E-state index in [0.717, 1.165) is 19.5 Å². The molecule has 0 aliphatic heterocycles. The Hall–Kier alpha value is -0.0800. The van der Waals surface area contributed by atoms with E-state index in [4.69, 9.17) is 0 Å². The molecule has 0 aromatic heterocycles. The van der Waals surface area contributed by atoms with E-state index in [1.54, 1.807) is 0 Å². The zero-order valence-electron chi connectivity index (χ0n) is 9.92. The van der Waals surface area contributed by atoms with Gasteiger partial charge in [-0.3, -0.25) is 4.90 Å². The summed E-state index contributed by atoms with van der Waals surface area (Å²) in [5.41, 5.74) is 0.109. The number of nitrogens with zero attached hydrogens (tertiary/aromatic N) is 1. The second-order valence-corrected chi connectivity index (χ2v) is 4.41. The third-order valence-electron chi connectivity index (χ3n) is 3.87. The van der Waals surface area contributed by atoms with E-state index < -0.39 is 0 Å². The lowest BCUT2D eigenvalue weighted by Gasteiger charge is -2.43. The number of hydrogen-bond acceptors (Lipinski definition) is 2. The average molecular weight is 199 g/mol. The van der Waals surface area contributed by atoms with Crippen LogP contribution in [0.15, 0.2) is 0 Å². The standard InChI is InChI=1S/C12H25NO/c1-4-11(14)12(9-7-8-10-12)13(5-2)6-3/h11,14H,4-10H2,1-3H3. The van der Waals surface area contributed by atoms with Crippen molar-refractivity contribution in [1.29, 1.82) is 0 Å². The molecular weight excluding hydrogens is 174 g/mol. The van der Waals surface area contributed by atoms with Crippen molar-refractivity contribution in [3.63, 3.8) is 0 Å². The zero-order chi connectivity index (χ0) is 10.6. The Morgan fingerprint density at radius 2 is 1.64 bits per heavy atom. The van der Waals surface area contributed by atoms with E-state index in [-0.39, 0.29) is 11.6 Å². The van der Waals surface area contributed by atoms with Crippen LogP contribution < -0.4 is 0 Å². The summed E-state index contributed by atoms with van der Waals surface area (Å²) in [6.07, 6.45) is 5.69. The Kier molecular flexibility index (Phi) is 4.39. The zero-order valence-corrected chi connectivity index (χ0v) is 9.92. The largest absolute Gasteiger partial charge is 0.391 e. The predicted octanol–water partition coefficient (Wildman–Crippen LogP) is 2.41. The molecule has 0 bridgehead atoms. The lowest BCUT2D eigenvalue weighted by Crippen LogP contribution is -2.54.